The van der Waals surface area contributed by atoms with Crippen LogP contribution in [0.5, 0.6) is 0 Å². The van der Waals surface area contributed by atoms with Gasteiger partial charge in [-0.15, -0.1) is 0 Å². The highest BCUT2D eigenvalue weighted by Crippen LogP contribution is 2.35. The van der Waals surface area contributed by atoms with Gasteiger partial charge in [0.25, 0.3) is 0 Å². The van der Waals surface area contributed by atoms with Gasteiger partial charge in [0.05, 0.1) is 16.3 Å². The van der Waals surface area contributed by atoms with Gasteiger partial charge < -0.3 is 24.6 Å². The molecule has 4 rings (SSSR count). The number of likely N-dealkylation sites (tertiary alicyclic amines) is 1. The lowest BCUT2D eigenvalue weighted by Crippen LogP contribution is -2.44. The maximum absolute atomic E-state index is 11.9. The topological polar surface area (TPSA) is 127 Å². The zero-order chi connectivity index (χ0) is 26.8. The van der Waals surface area contributed by atoms with Crippen LogP contribution >= 0.6 is 0 Å². The number of nitrogens with one attached hydrogen (secondary N) is 1. The number of hydrogen-bond donors (Lipinski definition) is 2. The van der Waals surface area contributed by atoms with Crippen molar-refractivity contribution in [2.24, 2.45) is 0 Å². The summed E-state index contributed by atoms with van der Waals surface area (Å²) in [5, 5.41) is 13.9. The van der Waals surface area contributed by atoms with Crippen LogP contribution in [0, 0.1) is 0 Å². The Balaban J connectivity index is 1.68. The van der Waals surface area contributed by atoms with Crippen molar-refractivity contribution in [1.29, 1.82) is 0 Å². The molecule has 1 saturated heterocycles. The van der Waals surface area contributed by atoms with E-state index in [0.29, 0.717) is 32.1 Å². The third-order valence-corrected chi connectivity index (χ3v) is 9.30. The molecule has 0 spiro atoms. The molecular formula is C25H35N5O5SSi. The van der Waals surface area contributed by atoms with Crippen LogP contribution in [0.2, 0.25) is 25.7 Å². The summed E-state index contributed by atoms with van der Waals surface area (Å²) in [5.74, 6) is 0. The van der Waals surface area contributed by atoms with Crippen LogP contribution in [0.25, 0.3) is 22.3 Å². The Morgan fingerprint density at radius 2 is 2.00 bits per heavy atom. The number of fused-ring (bicyclic) bond motifs is 1. The van der Waals surface area contributed by atoms with Crippen molar-refractivity contribution in [3.8, 4) is 11.3 Å². The maximum atomic E-state index is 11.9. The Hall–Kier alpha value is -2.96. The molecule has 12 heteroatoms. The third-order valence-electron chi connectivity index (χ3n) is 6.50. The van der Waals surface area contributed by atoms with Crippen LogP contribution in [-0.4, -0.2) is 79.1 Å². The predicted molar refractivity (Wildman–Crippen MR) is 146 cm³/mol. The van der Waals surface area contributed by atoms with Crippen LogP contribution < -0.4 is 5.32 Å². The van der Waals surface area contributed by atoms with Crippen LogP contribution in [0.3, 0.4) is 0 Å². The first-order valence-corrected chi connectivity index (χ1v) is 18.0. The first kappa shape index (κ1) is 27.1. The van der Waals surface area contributed by atoms with E-state index in [1.54, 1.807) is 12.3 Å². The van der Waals surface area contributed by atoms with Gasteiger partial charge >= 0.3 is 6.09 Å². The van der Waals surface area contributed by atoms with E-state index in [1.165, 1.54) is 17.2 Å². The van der Waals surface area contributed by atoms with Gasteiger partial charge in [0.2, 0.25) is 0 Å². The number of carbonyl (C=O) groups is 1. The highest BCUT2D eigenvalue weighted by molar-refractivity contribution is 7.90. The van der Waals surface area contributed by atoms with E-state index >= 15 is 0 Å². The molecule has 0 radical (unpaired) electrons. The number of pyridine rings is 2. The summed E-state index contributed by atoms with van der Waals surface area (Å²) >= 11 is 0. The predicted octanol–water partition coefficient (Wildman–Crippen LogP) is 4.37. The molecule has 1 fully saturated rings. The average Bonchev–Trinajstić information content (AvgIpc) is 3.25. The molecule has 0 saturated carbocycles. The van der Waals surface area contributed by atoms with Gasteiger partial charge in [-0.25, -0.2) is 18.2 Å². The summed E-state index contributed by atoms with van der Waals surface area (Å²) < 4.78 is 31.7. The summed E-state index contributed by atoms with van der Waals surface area (Å²) in [5.41, 5.74) is 2.84. The smallest absolute Gasteiger partial charge is 0.407 e. The summed E-state index contributed by atoms with van der Waals surface area (Å²) in [4.78, 5) is 22.3. The largest absolute Gasteiger partial charge is 0.465 e. The molecule has 3 aromatic rings. The van der Waals surface area contributed by atoms with Crippen molar-refractivity contribution in [2.75, 3.05) is 31.3 Å². The number of amides is 1. The molecule has 0 aliphatic carbocycles. The van der Waals surface area contributed by atoms with Gasteiger partial charge in [0.15, 0.2) is 9.84 Å². The van der Waals surface area contributed by atoms with Crippen molar-refractivity contribution < 1.29 is 23.1 Å². The first-order chi connectivity index (χ1) is 17.4. The normalized spacial score (nSPS) is 16.8. The second-order valence-electron chi connectivity index (χ2n) is 10.8. The quantitative estimate of drug-likeness (QED) is 0.300. The SMILES string of the molecule is C[Si](C)(C)CCOCn1ccc2c(N[C@@H]3CCCN(C(=O)O)C3)c(-c3ccc(S(C)(=O)=O)cn3)cnc21. The molecule has 0 unspecified atom stereocenters. The number of carboxylic acid groups (broad SMARTS) is 1. The molecule has 4 heterocycles. The lowest BCUT2D eigenvalue weighted by Gasteiger charge is -2.32. The number of sulfone groups is 1. The summed E-state index contributed by atoms with van der Waals surface area (Å²) in [6.07, 6.45) is 6.83. The molecule has 1 aliphatic rings. The molecule has 1 atom stereocenters. The molecule has 0 bridgehead atoms. The van der Waals surface area contributed by atoms with E-state index in [-0.39, 0.29) is 10.9 Å². The lowest BCUT2D eigenvalue weighted by atomic mass is 10.0. The van der Waals surface area contributed by atoms with Crippen molar-refractivity contribution in [1.82, 2.24) is 19.4 Å². The van der Waals surface area contributed by atoms with E-state index < -0.39 is 24.0 Å². The van der Waals surface area contributed by atoms with Crippen LogP contribution in [0.4, 0.5) is 10.5 Å². The molecule has 200 valence electrons. The zero-order valence-corrected chi connectivity index (χ0v) is 23.6. The van der Waals surface area contributed by atoms with Crippen molar-refractivity contribution in [3.05, 3.63) is 36.8 Å². The minimum absolute atomic E-state index is 0.0826. The van der Waals surface area contributed by atoms with Gasteiger partial charge in [0.1, 0.15) is 12.4 Å². The second-order valence-corrected chi connectivity index (χ2v) is 18.4. The Kier molecular flexibility index (Phi) is 7.90. The fourth-order valence-electron chi connectivity index (χ4n) is 4.37. The van der Waals surface area contributed by atoms with Crippen molar-refractivity contribution in [2.45, 2.75) is 56.2 Å². The number of aromatic nitrogens is 3. The zero-order valence-electron chi connectivity index (χ0n) is 21.8. The van der Waals surface area contributed by atoms with Gasteiger partial charge in [-0.1, -0.05) is 19.6 Å². The Labute approximate surface area is 218 Å². The number of rotatable bonds is 9. The van der Waals surface area contributed by atoms with E-state index in [2.05, 4.69) is 29.9 Å². The van der Waals surface area contributed by atoms with Gasteiger partial charge in [-0.2, -0.15) is 0 Å². The standard InChI is InChI=1S/C25H35N5O5SSi/c1-36(33,34)19-7-8-22(26-14-19)21-15-27-24-20(9-11-30(24)17-35-12-13-37(2,3)4)23(21)28-18-6-5-10-29(16-18)25(31)32/h7-9,11,14-15,18H,5-6,10,12-13,16-17H2,1-4H3,(H,27,28)(H,31,32)/t18-/m1/s1. The minimum atomic E-state index is -3.37. The number of anilines is 1. The minimum Gasteiger partial charge on any atom is -0.465 e. The highest BCUT2D eigenvalue weighted by Gasteiger charge is 2.25. The van der Waals surface area contributed by atoms with Crippen LogP contribution in [0.15, 0.2) is 41.7 Å². The average molecular weight is 546 g/mol. The van der Waals surface area contributed by atoms with Crippen LogP contribution in [0.1, 0.15) is 12.8 Å². The van der Waals surface area contributed by atoms with Crippen molar-refractivity contribution >= 4 is 40.7 Å². The molecular weight excluding hydrogens is 510 g/mol. The van der Waals surface area contributed by atoms with E-state index in [4.69, 9.17) is 9.72 Å². The van der Waals surface area contributed by atoms with Crippen LogP contribution in [-0.2, 0) is 21.3 Å². The number of ether oxygens (including phenoxy) is 1. The number of nitrogens with zero attached hydrogens (tertiary/aromatic N) is 4. The van der Waals surface area contributed by atoms with E-state index in [1.807, 2.05) is 16.8 Å². The highest BCUT2D eigenvalue weighted by atomic mass is 32.2. The monoisotopic (exact) mass is 545 g/mol. The molecule has 2 N–H and O–H groups in total. The van der Waals surface area contributed by atoms with Crippen molar-refractivity contribution in [3.63, 3.8) is 0 Å². The molecule has 1 amide bonds. The van der Waals surface area contributed by atoms with E-state index in [0.717, 1.165) is 47.4 Å². The number of piperidine rings is 1. The van der Waals surface area contributed by atoms with Gasteiger partial charge in [-0.05, 0) is 37.1 Å². The molecule has 37 heavy (non-hydrogen) atoms. The third kappa shape index (κ3) is 6.68. The summed E-state index contributed by atoms with van der Waals surface area (Å²) in [6.45, 7) is 8.92. The summed E-state index contributed by atoms with van der Waals surface area (Å²) in [6, 6.07) is 6.17. The Morgan fingerprint density at radius 1 is 1.22 bits per heavy atom. The fourth-order valence-corrected chi connectivity index (χ4v) is 5.68. The lowest BCUT2D eigenvalue weighted by molar-refractivity contribution is 0.0899. The van der Waals surface area contributed by atoms with E-state index in [9.17, 15) is 18.3 Å². The maximum Gasteiger partial charge on any atom is 0.407 e. The first-order valence-electron chi connectivity index (χ1n) is 12.4. The Bertz CT molecular complexity index is 1370. The molecule has 10 nitrogen and oxygen atoms in total. The molecule has 0 aromatic carbocycles. The van der Waals surface area contributed by atoms with Gasteiger partial charge in [0, 0.05) is 69.6 Å². The Morgan fingerprint density at radius 3 is 2.65 bits per heavy atom. The molecule has 1 aliphatic heterocycles. The fraction of sp³-hybridized carbons (Fsp3) is 0.480. The second kappa shape index (κ2) is 10.8. The molecule has 3 aromatic heterocycles. The summed E-state index contributed by atoms with van der Waals surface area (Å²) in [7, 11) is -4.56. The number of hydrogen-bond acceptors (Lipinski definition) is 7. The van der Waals surface area contributed by atoms with Gasteiger partial charge in [-0.3, -0.25) is 4.98 Å².